The molecule has 0 unspecified atom stereocenters. The maximum atomic E-state index is 12.2. The van der Waals surface area contributed by atoms with Crippen LogP contribution in [-0.4, -0.2) is 31.3 Å². The summed E-state index contributed by atoms with van der Waals surface area (Å²) < 4.78 is 5.23. The Morgan fingerprint density at radius 2 is 1.85 bits per heavy atom. The molecule has 2 aromatic rings. The maximum absolute atomic E-state index is 12.2. The summed E-state index contributed by atoms with van der Waals surface area (Å²) in [6, 6.07) is 10.1. The fraction of sp³-hybridized carbons (Fsp3) is 0.250. The topological polar surface area (TPSA) is 84.5 Å². The van der Waals surface area contributed by atoms with Crippen LogP contribution in [0.5, 0.6) is 5.75 Å². The van der Waals surface area contributed by atoms with Crippen molar-refractivity contribution in [1.29, 1.82) is 0 Å². The second-order valence-corrected chi connectivity index (χ2v) is 6.40. The first-order valence-electron chi connectivity index (χ1n) is 8.31. The van der Waals surface area contributed by atoms with Gasteiger partial charge in [-0.25, -0.2) is 0 Å². The molecule has 6 nitrogen and oxygen atoms in total. The molecule has 0 aromatic heterocycles. The average Bonchev–Trinajstić information content (AvgIpc) is 2.63. The van der Waals surface area contributed by atoms with Gasteiger partial charge >= 0.3 is 0 Å². The van der Waals surface area contributed by atoms with Crippen LogP contribution >= 0.6 is 11.6 Å². The molecule has 0 spiro atoms. The molecule has 2 amide bonds. The molecule has 0 saturated carbocycles. The lowest BCUT2D eigenvalue weighted by Gasteiger charge is -2.12. The Morgan fingerprint density at radius 1 is 1.11 bits per heavy atom. The summed E-state index contributed by atoms with van der Waals surface area (Å²) in [4.78, 5) is 35.8. The van der Waals surface area contributed by atoms with Crippen molar-refractivity contribution in [2.75, 3.05) is 19.0 Å². The van der Waals surface area contributed by atoms with E-state index in [1.54, 1.807) is 43.3 Å². The molecule has 0 fully saturated rings. The third-order valence-electron chi connectivity index (χ3n) is 4.03. The number of anilines is 1. The highest BCUT2D eigenvalue weighted by Crippen LogP contribution is 2.23. The van der Waals surface area contributed by atoms with Gasteiger partial charge < -0.3 is 15.4 Å². The molecule has 2 N–H and O–H groups in total. The standard InChI is InChI=1S/C20H21ClN2O4/c1-12-16(21)5-4-6-17(12)23-20(26)11-22-19(25)10-15-9-14(13(2)24)7-8-18(15)27-3/h4-9H,10-11H2,1-3H3,(H,22,25)(H,23,26). The van der Waals surface area contributed by atoms with E-state index in [4.69, 9.17) is 16.3 Å². The number of carbonyl (C=O) groups is 3. The van der Waals surface area contributed by atoms with E-state index in [0.29, 0.717) is 27.6 Å². The lowest BCUT2D eigenvalue weighted by molar-refractivity contribution is -0.123. The fourth-order valence-corrected chi connectivity index (χ4v) is 2.66. The van der Waals surface area contributed by atoms with Crippen molar-refractivity contribution in [3.8, 4) is 5.75 Å². The summed E-state index contributed by atoms with van der Waals surface area (Å²) in [7, 11) is 1.49. The van der Waals surface area contributed by atoms with Gasteiger partial charge in [-0.05, 0) is 49.7 Å². The zero-order valence-corrected chi connectivity index (χ0v) is 16.1. The zero-order chi connectivity index (χ0) is 20.0. The van der Waals surface area contributed by atoms with Gasteiger partial charge in [-0.15, -0.1) is 0 Å². The highest BCUT2D eigenvalue weighted by molar-refractivity contribution is 6.31. The van der Waals surface area contributed by atoms with Crippen molar-refractivity contribution in [1.82, 2.24) is 5.32 Å². The highest BCUT2D eigenvalue weighted by atomic mass is 35.5. The number of halogens is 1. The van der Waals surface area contributed by atoms with E-state index >= 15 is 0 Å². The monoisotopic (exact) mass is 388 g/mol. The Kier molecular flexibility index (Phi) is 6.96. The lowest BCUT2D eigenvalue weighted by atomic mass is 10.0. The van der Waals surface area contributed by atoms with Gasteiger partial charge in [-0.2, -0.15) is 0 Å². The van der Waals surface area contributed by atoms with Crippen LogP contribution in [0.15, 0.2) is 36.4 Å². The number of ketones is 1. The Balaban J connectivity index is 1.96. The molecule has 0 radical (unpaired) electrons. The molecule has 2 rings (SSSR count). The van der Waals surface area contributed by atoms with E-state index in [1.807, 2.05) is 0 Å². The Morgan fingerprint density at radius 3 is 2.52 bits per heavy atom. The molecule has 0 atom stereocenters. The first-order valence-corrected chi connectivity index (χ1v) is 8.69. The van der Waals surface area contributed by atoms with Gasteiger partial charge in [-0.3, -0.25) is 14.4 Å². The van der Waals surface area contributed by atoms with Crippen LogP contribution in [0.25, 0.3) is 0 Å². The number of Topliss-reactive ketones (excluding diaryl/α,β-unsaturated/α-hetero) is 1. The zero-order valence-electron chi connectivity index (χ0n) is 15.4. The molecule has 0 aliphatic heterocycles. The number of hydrogen-bond acceptors (Lipinski definition) is 4. The molecule has 2 aromatic carbocycles. The third kappa shape index (κ3) is 5.56. The molecule has 0 heterocycles. The second kappa shape index (κ2) is 9.19. The van der Waals surface area contributed by atoms with Gasteiger partial charge in [0.25, 0.3) is 0 Å². The van der Waals surface area contributed by atoms with Crippen LogP contribution < -0.4 is 15.4 Å². The number of methoxy groups -OCH3 is 1. The summed E-state index contributed by atoms with van der Waals surface area (Å²) in [6.07, 6.45) is -0.00618. The van der Waals surface area contributed by atoms with Gasteiger partial charge in [0.15, 0.2) is 5.78 Å². The van der Waals surface area contributed by atoms with Crippen LogP contribution in [-0.2, 0) is 16.0 Å². The highest BCUT2D eigenvalue weighted by Gasteiger charge is 2.13. The predicted molar refractivity (Wildman–Crippen MR) is 105 cm³/mol. The van der Waals surface area contributed by atoms with E-state index in [9.17, 15) is 14.4 Å². The van der Waals surface area contributed by atoms with Crippen LogP contribution in [0.4, 0.5) is 5.69 Å². The summed E-state index contributed by atoms with van der Waals surface area (Å²) in [5.74, 6) is -0.310. The maximum Gasteiger partial charge on any atom is 0.243 e. The summed E-state index contributed by atoms with van der Waals surface area (Å²) in [5.41, 5.74) is 2.42. The van der Waals surface area contributed by atoms with Crippen LogP contribution in [0, 0.1) is 6.92 Å². The van der Waals surface area contributed by atoms with Crippen molar-refractivity contribution in [3.05, 3.63) is 58.1 Å². The van der Waals surface area contributed by atoms with Crippen molar-refractivity contribution in [3.63, 3.8) is 0 Å². The van der Waals surface area contributed by atoms with Crippen molar-refractivity contribution >= 4 is 34.9 Å². The normalized spacial score (nSPS) is 10.2. The Labute approximate surface area is 162 Å². The van der Waals surface area contributed by atoms with Crippen LogP contribution in [0.3, 0.4) is 0 Å². The lowest BCUT2D eigenvalue weighted by Crippen LogP contribution is -2.34. The SMILES string of the molecule is COc1ccc(C(C)=O)cc1CC(=O)NCC(=O)Nc1cccc(Cl)c1C. The molecule has 0 bridgehead atoms. The molecule has 27 heavy (non-hydrogen) atoms. The molecule has 0 aliphatic carbocycles. The van der Waals surface area contributed by atoms with Gasteiger partial charge in [0.05, 0.1) is 20.1 Å². The minimum atomic E-state index is -0.363. The van der Waals surface area contributed by atoms with Gasteiger partial charge in [-0.1, -0.05) is 17.7 Å². The smallest absolute Gasteiger partial charge is 0.243 e. The van der Waals surface area contributed by atoms with E-state index in [-0.39, 0.29) is 30.6 Å². The Bertz CT molecular complexity index is 880. The first kappa shape index (κ1) is 20.5. The third-order valence-corrected chi connectivity index (χ3v) is 4.44. The van der Waals surface area contributed by atoms with E-state index in [1.165, 1.54) is 14.0 Å². The quantitative estimate of drug-likeness (QED) is 0.713. The fourth-order valence-electron chi connectivity index (χ4n) is 2.49. The van der Waals surface area contributed by atoms with Crippen molar-refractivity contribution < 1.29 is 19.1 Å². The Hall–Kier alpha value is -2.86. The minimum Gasteiger partial charge on any atom is -0.496 e. The number of nitrogens with one attached hydrogen (secondary N) is 2. The molecule has 0 saturated heterocycles. The van der Waals surface area contributed by atoms with Crippen LogP contribution in [0.2, 0.25) is 5.02 Å². The summed E-state index contributed by atoms with van der Waals surface area (Å²) in [5, 5.41) is 5.82. The van der Waals surface area contributed by atoms with Crippen molar-refractivity contribution in [2.45, 2.75) is 20.3 Å². The van der Waals surface area contributed by atoms with E-state index in [2.05, 4.69) is 10.6 Å². The van der Waals surface area contributed by atoms with Crippen LogP contribution in [0.1, 0.15) is 28.4 Å². The molecular weight excluding hydrogens is 368 g/mol. The molecule has 0 aliphatic rings. The number of rotatable bonds is 7. The van der Waals surface area contributed by atoms with E-state index < -0.39 is 0 Å². The van der Waals surface area contributed by atoms with Crippen molar-refractivity contribution in [2.24, 2.45) is 0 Å². The minimum absolute atomic E-state index is 0.00618. The molecule has 142 valence electrons. The van der Waals surface area contributed by atoms with Gasteiger partial charge in [0, 0.05) is 21.8 Å². The number of benzene rings is 2. The number of amides is 2. The summed E-state index contributed by atoms with van der Waals surface area (Å²) in [6.45, 7) is 3.07. The average molecular weight is 389 g/mol. The molecule has 7 heteroatoms. The number of carbonyl (C=O) groups excluding carboxylic acids is 3. The van der Waals surface area contributed by atoms with E-state index in [0.717, 1.165) is 5.56 Å². The predicted octanol–water partition coefficient (Wildman–Crippen LogP) is 3.16. The first-order chi connectivity index (χ1) is 12.8. The second-order valence-electron chi connectivity index (χ2n) is 6.00. The number of hydrogen-bond donors (Lipinski definition) is 2. The van der Waals surface area contributed by atoms with Gasteiger partial charge in [0.1, 0.15) is 5.75 Å². The molecular formula is C20H21ClN2O4. The number of ether oxygens (including phenoxy) is 1. The van der Waals surface area contributed by atoms with Gasteiger partial charge in [0.2, 0.25) is 11.8 Å². The largest absolute Gasteiger partial charge is 0.496 e. The summed E-state index contributed by atoms with van der Waals surface area (Å²) >= 11 is 6.02.